The standard InChI is InChI=1S/C18H21NO3/c1-19-8-7-18-11-4-5-13(20)17(18)22-16-14(21-2)6-3-10(15(16)18)9-12(11)19/h3-6,11-13,17,20H,7-9H2,1-2H3/t11-,12+,13?,17?,18-/m0/s1/i1D3,2D3,9D2,11D,17D. The third kappa shape index (κ3) is 1.28. The smallest absolute Gasteiger partial charge is 0.165 e. The molecule has 1 aromatic carbocycles. The van der Waals surface area contributed by atoms with Crippen molar-refractivity contribution in [1.29, 1.82) is 0 Å². The van der Waals surface area contributed by atoms with Crippen LogP contribution in [-0.2, 0) is 11.8 Å². The van der Waals surface area contributed by atoms with E-state index in [9.17, 15) is 6.48 Å². The third-order valence-corrected chi connectivity index (χ3v) is 5.14. The van der Waals surface area contributed by atoms with Crippen LogP contribution in [0.5, 0.6) is 11.5 Å². The van der Waals surface area contributed by atoms with Gasteiger partial charge in [0.05, 0.1) is 12.5 Å². The lowest BCUT2D eigenvalue weighted by molar-refractivity contribution is -0.0453. The number of hydrogen-bond donors (Lipinski definition) is 1. The van der Waals surface area contributed by atoms with E-state index in [1.807, 2.05) is 0 Å². The van der Waals surface area contributed by atoms with E-state index in [2.05, 4.69) is 0 Å². The highest BCUT2D eigenvalue weighted by molar-refractivity contribution is 5.62. The lowest BCUT2D eigenvalue weighted by atomic mass is 9.53. The van der Waals surface area contributed by atoms with E-state index in [0.29, 0.717) is 0 Å². The molecule has 0 aromatic heterocycles. The van der Waals surface area contributed by atoms with E-state index in [1.165, 1.54) is 18.2 Å². The number of likely N-dealkylation sites (N-methyl/N-ethyl adjacent to an activating group) is 1. The summed E-state index contributed by atoms with van der Waals surface area (Å²) in [5, 5.41) is 10.8. The molecule has 116 valence electrons. The van der Waals surface area contributed by atoms with Crippen LogP contribution in [0.15, 0.2) is 24.3 Å². The Morgan fingerprint density at radius 1 is 1.55 bits per heavy atom. The average Bonchev–Trinajstić information content (AvgIpc) is 2.90. The van der Waals surface area contributed by atoms with Crippen molar-refractivity contribution < 1.29 is 28.3 Å². The Morgan fingerprint density at radius 2 is 2.50 bits per heavy atom. The van der Waals surface area contributed by atoms with Crippen molar-refractivity contribution in [3.63, 3.8) is 0 Å². The molecule has 1 spiro atoms. The first-order valence-electron chi connectivity index (χ1n) is 12.2. The number of hydrogen-bond acceptors (Lipinski definition) is 4. The van der Waals surface area contributed by atoms with E-state index >= 15 is 0 Å². The fourth-order valence-corrected chi connectivity index (χ4v) is 4.24. The van der Waals surface area contributed by atoms with Crippen molar-refractivity contribution in [3.8, 4) is 11.5 Å². The van der Waals surface area contributed by atoms with Gasteiger partial charge < -0.3 is 19.5 Å². The molecule has 0 saturated carbocycles. The highest BCUT2D eigenvalue weighted by Gasteiger charge is 2.64. The van der Waals surface area contributed by atoms with E-state index < -0.39 is 49.9 Å². The molecule has 4 nitrogen and oxygen atoms in total. The number of nitrogens with zero attached hydrogens (tertiary/aromatic N) is 1. The largest absolute Gasteiger partial charge is 0.493 e. The Hall–Kier alpha value is -1.52. The number of likely N-dealkylation sites (tertiary alicyclic amines) is 1. The molecule has 2 heterocycles. The molecule has 5 atom stereocenters. The fraction of sp³-hybridized carbons (Fsp3) is 0.556. The Morgan fingerprint density at radius 3 is 3.36 bits per heavy atom. The van der Waals surface area contributed by atoms with Crippen LogP contribution in [-0.4, -0.2) is 48.8 Å². The average molecular weight is 309 g/mol. The van der Waals surface area contributed by atoms with Crippen molar-refractivity contribution in [3.05, 3.63) is 35.4 Å². The molecular formula is C18H21NO3. The first-order chi connectivity index (χ1) is 14.5. The van der Waals surface area contributed by atoms with Gasteiger partial charge in [0.1, 0.15) is 12.2 Å². The molecule has 0 amide bonds. The van der Waals surface area contributed by atoms with Gasteiger partial charge in [0.2, 0.25) is 0 Å². The predicted molar refractivity (Wildman–Crippen MR) is 82.5 cm³/mol. The number of piperidine rings is 1. The van der Waals surface area contributed by atoms with Crippen molar-refractivity contribution in [2.75, 3.05) is 20.6 Å². The minimum absolute atomic E-state index is 0.00356. The summed E-state index contributed by atoms with van der Waals surface area (Å²) < 4.78 is 93.6. The molecule has 22 heavy (non-hydrogen) atoms. The molecule has 1 saturated heterocycles. The molecule has 1 fully saturated rings. The van der Waals surface area contributed by atoms with Gasteiger partial charge in [0.15, 0.2) is 11.5 Å². The van der Waals surface area contributed by atoms with Crippen molar-refractivity contribution in [2.24, 2.45) is 5.89 Å². The summed E-state index contributed by atoms with van der Waals surface area (Å²) in [6, 6.07) is 1.000. The molecule has 0 radical (unpaired) electrons. The van der Waals surface area contributed by atoms with Gasteiger partial charge in [-0.2, -0.15) is 0 Å². The minimum Gasteiger partial charge on any atom is -0.493 e. The second-order valence-corrected chi connectivity index (χ2v) is 6.04. The van der Waals surface area contributed by atoms with Crippen LogP contribution in [0.25, 0.3) is 0 Å². The van der Waals surface area contributed by atoms with Crippen molar-refractivity contribution in [1.82, 2.24) is 4.90 Å². The first-order valence-corrected chi connectivity index (χ1v) is 7.21. The lowest BCUT2D eigenvalue weighted by Crippen LogP contribution is -2.64. The molecule has 2 unspecified atom stereocenters. The molecule has 4 heteroatoms. The van der Waals surface area contributed by atoms with Gasteiger partial charge in [-0.25, -0.2) is 0 Å². The molecule has 2 bridgehead atoms. The molecule has 1 N–H and O–H groups in total. The zero-order valence-electron chi connectivity index (χ0n) is 21.6. The van der Waals surface area contributed by atoms with Gasteiger partial charge in [0.25, 0.3) is 0 Å². The maximum absolute atomic E-state index is 10.8. The van der Waals surface area contributed by atoms with E-state index in [4.69, 9.17) is 21.8 Å². The summed E-state index contributed by atoms with van der Waals surface area (Å²) in [5.41, 5.74) is -1.55. The minimum atomic E-state index is -2.86. The second-order valence-electron chi connectivity index (χ2n) is 6.04. The van der Waals surface area contributed by atoms with Crippen LogP contribution in [0.2, 0.25) is 0 Å². The van der Waals surface area contributed by atoms with Crippen LogP contribution in [0.4, 0.5) is 0 Å². The second kappa shape index (κ2) is 4.06. The summed E-state index contributed by atoms with van der Waals surface area (Å²) in [5.74, 6) is -2.44. The molecule has 5 rings (SSSR count). The summed E-state index contributed by atoms with van der Waals surface area (Å²) >= 11 is 0. The quantitative estimate of drug-likeness (QED) is 0.798. The van der Waals surface area contributed by atoms with Gasteiger partial charge >= 0.3 is 0 Å². The number of aliphatic hydroxyl groups is 1. The SMILES string of the molecule is [2H]C([2H])([2H])Oc1ccc2c3c1OC1([2H])C(O)C=C[C@@]4([2H])[C@H](N(C([2H])([2H])[2H])CC[C@]314)C2([2H])[2H]. The number of methoxy groups -OCH3 is 1. The van der Waals surface area contributed by atoms with E-state index in [1.54, 1.807) is 0 Å². The highest BCUT2D eigenvalue weighted by atomic mass is 16.5. The molecule has 4 aliphatic rings. The Balaban J connectivity index is 1.88. The summed E-state index contributed by atoms with van der Waals surface area (Å²) in [6.45, 7) is -2.87. The topological polar surface area (TPSA) is 41.9 Å². The Bertz CT molecular complexity index is 1040. The molecular weight excluding hydrogens is 278 g/mol. The number of rotatable bonds is 1. The van der Waals surface area contributed by atoms with Crippen LogP contribution in [0.3, 0.4) is 0 Å². The summed E-state index contributed by atoms with van der Waals surface area (Å²) in [4.78, 5) is 0.974. The van der Waals surface area contributed by atoms with Crippen LogP contribution < -0.4 is 9.47 Å². The van der Waals surface area contributed by atoms with Crippen molar-refractivity contribution >= 4 is 0 Å². The monoisotopic (exact) mass is 309 g/mol. The van der Waals surface area contributed by atoms with Crippen LogP contribution in [0.1, 0.15) is 31.3 Å². The van der Waals surface area contributed by atoms with Crippen LogP contribution >= 0.6 is 0 Å². The van der Waals surface area contributed by atoms with Gasteiger partial charge in [0, 0.05) is 31.1 Å². The zero-order chi connectivity index (χ0) is 23.7. The first kappa shape index (κ1) is 6.54. The van der Waals surface area contributed by atoms with Gasteiger partial charge in [-0.1, -0.05) is 18.2 Å². The van der Waals surface area contributed by atoms with Gasteiger partial charge in [-0.05, 0) is 37.9 Å². The normalized spacial score (nSPS) is 57.9. The van der Waals surface area contributed by atoms with E-state index in [-0.39, 0.29) is 35.6 Å². The lowest BCUT2D eigenvalue weighted by Gasteiger charge is -2.56. The summed E-state index contributed by atoms with van der Waals surface area (Å²) in [7, 11) is -2.86. The Kier molecular flexibility index (Phi) is 1.21. The molecule has 2 aliphatic carbocycles. The number of benzene rings is 1. The third-order valence-electron chi connectivity index (χ3n) is 5.14. The van der Waals surface area contributed by atoms with Gasteiger partial charge in [-0.15, -0.1) is 0 Å². The van der Waals surface area contributed by atoms with Crippen molar-refractivity contribution in [2.45, 2.75) is 36.4 Å². The molecule has 1 aromatic rings. The summed E-state index contributed by atoms with van der Waals surface area (Å²) in [6.07, 6.45) is -3.77. The zero-order valence-corrected chi connectivity index (χ0v) is 11.6. The molecule has 2 aliphatic heterocycles. The maximum Gasteiger partial charge on any atom is 0.165 e. The number of aliphatic hydroxyl groups excluding tert-OH is 1. The maximum atomic E-state index is 10.8. The highest BCUT2D eigenvalue weighted by Crippen LogP contribution is 2.62. The van der Waals surface area contributed by atoms with Crippen LogP contribution in [0, 0.1) is 5.89 Å². The predicted octanol–water partition coefficient (Wildman–Crippen LogP) is 1.50. The van der Waals surface area contributed by atoms with E-state index in [0.717, 1.165) is 11.0 Å². The fourth-order valence-electron chi connectivity index (χ4n) is 4.24. The Labute approximate surface area is 144 Å². The van der Waals surface area contributed by atoms with Gasteiger partial charge in [-0.3, -0.25) is 0 Å². The number of ether oxygens (including phenoxy) is 2.